The van der Waals surface area contributed by atoms with Crippen LogP contribution in [-0.2, 0) is 6.42 Å². The molecule has 0 bridgehead atoms. The van der Waals surface area contributed by atoms with Crippen molar-refractivity contribution in [2.24, 2.45) is 0 Å². The molecule has 18 heavy (non-hydrogen) atoms. The maximum Gasteiger partial charge on any atom is 0.0838 e. The highest BCUT2D eigenvalue weighted by Crippen LogP contribution is 2.40. The Kier molecular flexibility index (Phi) is 3.55. The molecule has 1 nitrogen and oxygen atoms in total. The first-order valence-corrected chi connectivity index (χ1v) is 7.91. The molecule has 1 fully saturated rings. The highest BCUT2D eigenvalue weighted by atomic mass is 79.9. The van der Waals surface area contributed by atoms with Crippen LogP contribution in [0.2, 0.25) is 0 Å². The first-order valence-electron chi connectivity index (χ1n) is 6.24. The van der Waals surface area contributed by atoms with Crippen molar-refractivity contribution in [2.75, 3.05) is 0 Å². The van der Waals surface area contributed by atoms with Crippen molar-refractivity contribution in [3.05, 3.63) is 56.2 Å². The second-order valence-electron chi connectivity index (χ2n) is 4.86. The molecular formula is C15H15BrOS. The molecule has 1 N–H and O–H groups in total. The van der Waals surface area contributed by atoms with E-state index in [0.29, 0.717) is 6.42 Å². The van der Waals surface area contributed by atoms with Crippen molar-refractivity contribution >= 4 is 27.3 Å². The average Bonchev–Trinajstić information content (AvgIpc) is 3.16. The van der Waals surface area contributed by atoms with Gasteiger partial charge < -0.3 is 5.11 Å². The number of hydrogen-bond acceptors (Lipinski definition) is 2. The summed E-state index contributed by atoms with van der Waals surface area (Å²) in [5.41, 5.74) is 2.43. The van der Waals surface area contributed by atoms with E-state index in [-0.39, 0.29) is 0 Å². The third kappa shape index (κ3) is 2.68. The van der Waals surface area contributed by atoms with Crippen LogP contribution in [0.1, 0.15) is 40.9 Å². The summed E-state index contributed by atoms with van der Waals surface area (Å²) in [6.45, 7) is 0. The Bertz CT molecular complexity index is 545. The Morgan fingerprint density at radius 3 is 2.83 bits per heavy atom. The van der Waals surface area contributed by atoms with Gasteiger partial charge in [-0.15, -0.1) is 11.3 Å². The molecule has 1 unspecified atom stereocenters. The van der Waals surface area contributed by atoms with E-state index >= 15 is 0 Å². The predicted molar refractivity (Wildman–Crippen MR) is 79.1 cm³/mol. The number of benzene rings is 1. The summed E-state index contributed by atoms with van der Waals surface area (Å²) in [5.74, 6) is 0.741. The predicted octanol–water partition coefficient (Wildman–Crippen LogP) is 4.66. The quantitative estimate of drug-likeness (QED) is 0.867. The highest BCUT2D eigenvalue weighted by Gasteiger charge is 2.24. The van der Waals surface area contributed by atoms with Gasteiger partial charge in [0.1, 0.15) is 0 Å². The summed E-state index contributed by atoms with van der Waals surface area (Å²) in [7, 11) is 0. The van der Waals surface area contributed by atoms with E-state index in [4.69, 9.17) is 0 Å². The molecule has 0 aliphatic heterocycles. The van der Waals surface area contributed by atoms with Crippen molar-refractivity contribution in [1.29, 1.82) is 0 Å². The molecule has 1 aliphatic rings. The maximum atomic E-state index is 10.3. The molecule has 94 valence electrons. The fourth-order valence-corrected chi connectivity index (χ4v) is 3.75. The summed E-state index contributed by atoms with van der Waals surface area (Å²) in [5, 5.41) is 12.4. The number of thiophene rings is 1. The summed E-state index contributed by atoms with van der Waals surface area (Å²) in [4.78, 5) is 1.21. The first-order chi connectivity index (χ1) is 8.74. The van der Waals surface area contributed by atoms with Crippen LogP contribution >= 0.6 is 27.3 Å². The van der Waals surface area contributed by atoms with Gasteiger partial charge in [-0.25, -0.2) is 0 Å². The molecule has 0 saturated heterocycles. The Hall–Kier alpha value is -0.640. The second-order valence-corrected chi connectivity index (χ2v) is 6.71. The van der Waals surface area contributed by atoms with Gasteiger partial charge in [0.05, 0.1) is 6.10 Å². The topological polar surface area (TPSA) is 20.2 Å². The summed E-state index contributed by atoms with van der Waals surface area (Å²) in [6, 6.07) is 10.5. The van der Waals surface area contributed by atoms with Crippen LogP contribution in [-0.4, -0.2) is 5.11 Å². The van der Waals surface area contributed by atoms with E-state index in [0.717, 1.165) is 16.0 Å². The summed E-state index contributed by atoms with van der Waals surface area (Å²) >= 11 is 5.20. The largest absolute Gasteiger partial charge is 0.388 e. The lowest BCUT2D eigenvalue weighted by Crippen LogP contribution is -2.01. The van der Waals surface area contributed by atoms with Gasteiger partial charge in [0.25, 0.3) is 0 Å². The molecule has 0 amide bonds. The molecule has 2 aromatic rings. The molecular weight excluding hydrogens is 308 g/mol. The van der Waals surface area contributed by atoms with E-state index in [1.54, 1.807) is 11.3 Å². The Morgan fingerprint density at radius 1 is 1.33 bits per heavy atom. The van der Waals surface area contributed by atoms with Crippen LogP contribution in [0.3, 0.4) is 0 Å². The van der Waals surface area contributed by atoms with Crippen molar-refractivity contribution < 1.29 is 5.11 Å². The maximum absolute atomic E-state index is 10.3. The van der Waals surface area contributed by atoms with Gasteiger partial charge in [0, 0.05) is 15.8 Å². The minimum atomic E-state index is -0.404. The van der Waals surface area contributed by atoms with Crippen molar-refractivity contribution in [2.45, 2.75) is 31.3 Å². The van der Waals surface area contributed by atoms with E-state index in [1.165, 1.54) is 23.3 Å². The van der Waals surface area contributed by atoms with E-state index < -0.39 is 6.10 Å². The van der Waals surface area contributed by atoms with Crippen LogP contribution < -0.4 is 0 Å². The summed E-state index contributed by atoms with van der Waals surface area (Å²) in [6.07, 6.45) is 2.89. The van der Waals surface area contributed by atoms with E-state index in [2.05, 4.69) is 34.1 Å². The molecule has 1 aliphatic carbocycles. The Balaban J connectivity index is 1.77. The number of rotatable bonds is 4. The van der Waals surface area contributed by atoms with Gasteiger partial charge in [-0.2, -0.15) is 0 Å². The molecule has 1 aromatic heterocycles. The zero-order chi connectivity index (χ0) is 12.5. The number of aliphatic hydroxyl groups is 1. The standard InChI is InChI=1S/C15H15BrOS/c16-13-6-7-18-15(13)9-14(17)12-3-1-2-11(8-12)10-4-5-10/h1-3,6-8,10,14,17H,4-5,9H2. The Morgan fingerprint density at radius 2 is 2.17 bits per heavy atom. The van der Waals surface area contributed by atoms with Crippen LogP contribution in [0.5, 0.6) is 0 Å². The van der Waals surface area contributed by atoms with Crippen LogP contribution in [0.15, 0.2) is 40.2 Å². The van der Waals surface area contributed by atoms with Gasteiger partial charge >= 0.3 is 0 Å². The highest BCUT2D eigenvalue weighted by molar-refractivity contribution is 9.10. The third-order valence-electron chi connectivity index (χ3n) is 3.41. The fraction of sp³-hybridized carbons (Fsp3) is 0.333. The molecule has 1 atom stereocenters. The molecule has 3 heteroatoms. The minimum absolute atomic E-state index is 0.404. The molecule has 3 rings (SSSR count). The minimum Gasteiger partial charge on any atom is -0.388 e. The average molecular weight is 323 g/mol. The third-order valence-corrected chi connectivity index (χ3v) is 5.36. The lowest BCUT2D eigenvalue weighted by Gasteiger charge is -2.11. The fourth-order valence-electron chi connectivity index (χ4n) is 2.20. The van der Waals surface area contributed by atoms with Crippen LogP contribution in [0, 0.1) is 0 Å². The monoisotopic (exact) mass is 322 g/mol. The molecule has 1 aromatic carbocycles. The van der Waals surface area contributed by atoms with E-state index in [9.17, 15) is 5.11 Å². The second kappa shape index (κ2) is 5.16. The number of hydrogen-bond donors (Lipinski definition) is 1. The smallest absolute Gasteiger partial charge is 0.0838 e. The zero-order valence-corrected chi connectivity index (χ0v) is 12.4. The molecule has 0 radical (unpaired) electrons. The Labute approximate surface area is 120 Å². The molecule has 0 spiro atoms. The summed E-state index contributed by atoms with van der Waals surface area (Å²) < 4.78 is 1.10. The van der Waals surface area contributed by atoms with Crippen molar-refractivity contribution in [3.8, 4) is 0 Å². The lowest BCUT2D eigenvalue weighted by molar-refractivity contribution is 0.179. The lowest BCUT2D eigenvalue weighted by atomic mass is 10.0. The zero-order valence-electron chi connectivity index (χ0n) is 9.97. The van der Waals surface area contributed by atoms with Gasteiger partial charge in [-0.3, -0.25) is 0 Å². The van der Waals surface area contributed by atoms with E-state index in [1.807, 2.05) is 17.5 Å². The molecule has 1 heterocycles. The van der Waals surface area contributed by atoms with Crippen LogP contribution in [0.25, 0.3) is 0 Å². The van der Waals surface area contributed by atoms with Gasteiger partial charge in [0.15, 0.2) is 0 Å². The normalized spacial score (nSPS) is 16.8. The van der Waals surface area contributed by atoms with Gasteiger partial charge in [-0.05, 0) is 57.3 Å². The SMILES string of the molecule is OC(Cc1sccc1Br)c1cccc(C2CC2)c1. The number of aliphatic hydroxyl groups excluding tert-OH is 1. The van der Waals surface area contributed by atoms with Crippen LogP contribution in [0.4, 0.5) is 0 Å². The first kappa shape index (κ1) is 12.4. The number of halogens is 1. The van der Waals surface area contributed by atoms with Crippen molar-refractivity contribution in [3.63, 3.8) is 0 Å². The molecule has 1 saturated carbocycles. The van der Waals surface area contributed by atoms with Crippen molar-refractivity contribution in [1.82, 2.24) is 0 Å². The van der Waals surface area contributed by atoms with Gasteiger partial charge in [0.2, 0.25) is 0 Å². The van der Waals surface area contributed by atoms with Gasteiger partial charge in [-0.1, -0.05) is 24.3 Å².